The fourth-order valence-electron chi connectivity index (χ4n) is 1.84. The van der Waals surface area contributed by atoms with E-state index in [0.29, 0.717) is 17.0 Å². The first kappa shape index (κ1) is 10.8. The van der Waals surface area contributed by atoms with Gasteiger partial charge in [-0.3, -0.25) is 9.89 Å². The van der Waals surface area contributed by atoms with Gasteiger partial charge in [0.05, 0.1) is 0 Å². The number of aryl methyl sites for hydroxylation is 2. The predicted octanol–water partition coefficient (Wildman–Crippen LogP) is 1.55. The van der Waals surface area contributed by atoms with Gasteiger partial charge in [0.2, 0.25) is 0 Å². The largest absolute Gasteiger partial charge is 0.361 e. The van der Waals surface area contributed by atoms with Crippen LogP contribution in [0.1, 0.15) is 18.4 Å². The molecular formula is C12H12N4O2. The van der Waals surface area contributed by atoms with Crippen LogP contribution in [0.3, 0.4) is 0 Å². The van der Waals surface area contributed by atoms with Gasteiger partial charge in [-0.15, -0.1) is 0 Å². The summed E-state index contributed by atoms with van der Waals surface area (Å²) in [5.41, 5.74) is 2.42. The van der Waals surface area contributed by atoms with Gasteiger partial charge >= 0.3 is 0 Å². The molecule has 0 aromatic carbocycles. The zero-order valence-electron chi connectivity index (χ0n) is 10.1. The van der Waals surface area contributed by atoms with Crippen molar-refractivity contribution >= 4 is 5.65 Å². The lowest BCUT2D eigenvalue weighted by atomic mass is 10.2. The predicted molar refractivity (Wildman–Crippen MR) is 65.4 cm³/mol. The normalized spacial score (nSPS) is 11.2. The van der Waals surface area contributed by atoms with Crippen molar-refractivity contribution in [3.05, 3.63) is 40.0 Å². The summed E-state index contributed by atoms with van der Waals surface area (Å²) in [5.74, 6) is 0.775. The van der Waals surface area contributed by atoms with E-state index in [4.69, 9.17) is 4.52 Å². The number of aromatic nitrogens is 4. The van der Waals surface area contributed by atoms with E-state index in [9.17, 15) is 4.79 Å². The van der Waals surface area contributed by atoms with Crippen molar-refractivity contribution in [3.63, 3.8) is 0 Å². The highest BCUT2D eigenvalue weighted by molar-refractivity contribution is 5.57. The summed E-state index contributed by atoms with van der Waals surface area (Å²) in [7, 11) is 0. The third-order valence-electron chi connectivity index (χ3n) is 2.75. The van der Waals surface area contributed by atoms with Crippen molar-refractivity contribution in [3.8, 4) is 11.4 Å². The van der Waals surface area contributed by atoms with E-state index in [-0.39, 0.29) is 5.56 Å². The van der Waals surface area contributed by atoms with Crippen molar-refractivity contribution in [2.24, 2.45) is 0 Å². The number of rotatable bonds is 2. The molecule has 1 N–H and O–H groups in total. The molecular weight excluding hydrogens is 232 g/mol. The Bertz CT molecular complexity index is 766. The lowest BCUT2D eigenvalue weighted by molar-refractivity contribution is 0.389. The van der Waals surface area contributed by atoms with Crippen molar-refractivity contribution < 1.29 is 4.52 Å². The molecule has 0 amide bonds. The van der Waals surface area contributed by atoms with E-state index in [1.54, 1.807) is 6.07 Å². The molecule has 0 saturated heterocycles. The molecule has 0 spiro atoms. The van der Waals surface area contributed by atoms with Gasteiger partial charge in [0.25, 0.3) is 5.56 Å². The van der Waals surface area contributed by atoms with Crippen LogP contribution in [0.25, 0.3) is 17.0 Å². The number of nitrogens with zero attached hydrogens (tertiary/aromatic N) is 3. The number of hydrogen-bond donors (Lipinski definition) is 1. The Morgan fingerprint density at radius 2 is 2.17 bits per heavy atom. The highest BCUT2D eigenvalue weighted by atomic mass is 16.5. The van der Waals surface area contributed by atoms with Crippen molar-refractivity contribution in [1.29, 1.82) is 0 Å². The van der Waals surface area contributed by atoms with Gasteiger partial charge in [-0.1, -0.05) is 12.1 Å². The number of fused-ring (bicyclic) bond motifs is 1. The molecule has 0 unspecified atom stereocenters. The van der Waals surface area contributed by atoms with Crippen LogP contribution in [0.2, 0.25) is 0 Å². The molecule has 6 heteroatoms. The second-order valence-corrected chi connectivity index (χ2v) is 4.14. The fraction of sp³-hybridized carbons (Fsp3) is 0.250. The maximum Gasteiger partial charge on any atom is 0.273 e. The van der Waals surface area contributed by atoms with Crippen molar-refractivity contribution in [2.75, 3.05) is 0 Å². The van der Waals surface area contributed by atoms with Gasteiger partial charge in [-0.25, -0.2) is 9.50 Å². The summed E-state index contributed by atoms with van der Waals surface area (Å²) in [4.78, 5) is 16.3. The molecule has 0 aliphatic rings. The van der Waals surface area contributed by atoms with Gasteiger partial charge in [-0.2, -0.15) is 0 Å². The average molecular weight is 244 g/mol. The van der Waals surface area contributed by atoms with Crippen LogP contribution in [0.4, 0.5) is 0 Å². The van der Waals surface area contributed by atoms with Gasteiger partial charge in [0, 0.05) is 30.3 Å². The first-order valence-electron chi connectivity index (χ1n) is 5.73. The van der Waals surface area contributed by atoms with Gasteiger partial charge in [0.15, 0.2) is 5.65 Å². The molecule has 18 heavy (non-hydrogen) atoms. The first-order chi connectivity index (χ1) is 8.67. The quantitative estimate of drug-likeness (QED) is 0.742. The zero-order valence-corrected chi connectivity index (χ0v) is 10.1. The van der Waals surface area contributed by atoms with Crippen LogP contribution < -0.4 is 5.56 Å². The molecule has 3 rings (SSSR count). The molecule has 0 bridgehead atoms. The van der Waals surface area contributed by atoms with Crippen LogP contribution in [-0.2, 0) is 6.42 Å². The zero-order chi connectivity index (χ0) is 12.7. The lowest BCUT2D eigenvalue weighted by Crippen LogP contribution is -2.14. The van der Waals surface area contributed by atoms with E-state index in [0.717, 1.165) is 17.9 Å². The molecule has 0 radical (unpaired) electrons. The summed E-state index contributed by atoms with van der Waals surface area (Å²) in [6.45, 7) is 3.85. The maximum absolute atomic E-state index is 11.9. The third kappa shape index (κ3) is 1.62. The standard InChI is InChI=1S/C12H12N4O2/c1-3-8-5-10(15-18-8)9-6-12(17)16-11(13-9)4-7(2)14-16/h4-6,14H,3H2,1-2H3. The Balaban J connectivity index is 2.20. The second-order valence-electron chi connectivity index (χ2n) is 4.14. The minimum Gasteiger partial charge on any atom is -0.361 e. The lowest BCUT2D eigenvalue weighted by Gasteiger charge is -1.95. The molecule has 3 aromatic heterocycles. The maximum atomic E-state index is 11.9. The highest BCUT2D eigenvalue weighted by Gasteiger charge is 2.10. The Morgan fingerprint density at radius 3 is 2.89 bits per heavy atom. The number of nitrogens with one attached hydrogen (secondary N) is 1. The average Bonchev–Trinajstić information content (AvgIpc) is 2.94. The van der Waals surface area contributed by atoms with E-state index in [2.05, 4.69) is 15.2 Å². The SMILES string of the molecule is CCc1cc(-c2cc(=O)n3[nH]c(C)cc3n2)no1. The molecule has 3 heterocycles. The number of hydrogen-bond acceptors (Lipinski definition) is 4. The Hall–Kier alpha value is -2.37. The minimum absolute atomic E-state index is 0.163. The Kier molecular flexibility index (Phi) is 2.29. The summed E-state index contributed by atoms with van der Waals surface area (Å²) in [6.07, 6.45) is 0.761. The first-order valence-corrected chi connectivity index (χ1v) is 5.73. The summed E-state index contributed by atoms with van der Waals surface area (Å²) in [5, 5.41) is 6.84. The van der Waals surface area contributed by atoms with Crippen LogP contribution in [-0.4, -0.2) is 19.8 Å². The number of aromatic amines is 1. The molecule has 0 saturated carbocycles. The fourth-order valence-corrected chi connectivity index (χ4v) is 1.84. The molecule has 0 aliphatic heterocycles. The monoisotopic (exact) mass is 244 g/mol. The molecule has 6 nitrogen and oxygen atoms in total. The topological polar surface area (TPSA) is 76.2 Å². The molecule has 0 atom stereocenters. The van der Waals surface area contributed by atoms with E-state index < -0.39 is 0 Å². The van der Waals surface area contributed by atoms with Crippen LogP contribution in [0.5, 0.6) is 0 Å². The van der Waals surface area contributed by atoms with Gasteiger partial charge in [-0.05, 0) is 6.92 Å². The van der Waals surface area contributed by atoms with E-state index in [1.165, 1.54) is 10.6 Å². The second kappa shape index (κ2) is 3.83. The molecule has 0 fully saturated rings. The smallest absolute Gasteiger partial charge is 0.273 e. The summed E-state index contributed by atoms with van der Waals surface area (Å²) in [6, 6.07) is 5.06. The van der Waals surface area contributed by atoms with Crippen molar-refractivity contribution in [1.82, 2.24) is 19.8 Å². The number of H-pyrrole nitrogens is 1. The molecule has 0 aliphatic carbocycles. The van der Waals surface area contributed by atoms with E-state index in [1.807, 2.05) is 19.9 Å². The van der Waals surface area contributed by atoms with Crippen molar-refractivity contribution in [2.45, 2.75) is 20.3 Å². The molecule has 3 aromatic rings. The van der Waals surface area contributed by atoms with Crippen LogP contribution in [0, 0.1) is 6.92 Å². The Labute approximate surface area is 102 Å². The Morgan fingerprint density at radius 1 is 1.33 bits per heavy atom. The van der Waals surface area contributed by atoms with Crippen LogP contribution in [0.15, 0.2) is 27.5 Å². The minimum atomic E-state index is -0.163. The van der Waals surface area contributed by atoms with Gasteiger partial charge in [0.1, 0.15) is 17.1 Å². The highest BCUT2D eigenvalue weighted by Crippen LogP contribution is 2.16. The van der Waals surface area contributed by atoms with Gasteiger partial charge < -0.3 is 4.52 Å². The molecule has 92 valence electrons. The summed E-state index contributed by atoms with van der Waals surface area (Å²) < 4.78 is 6.52. The van der Waals surface area contributed by atoms with Crippen LogP contribution >= 0.6 is 0 Å². The third-order valence-corrected chi connectivity index (χ3v) is 2.75. The summed E-state index contributed by atoms with van der Waals surface area (Å²) >= 11 is 0. The van der Waals surface area contributed by atoms with E-state index >= 15 is 0 Å².